The minimum atomic E-state index is -4.68. The van der Waals surface area contributed by atoms with Gasteiger partial charge in [-0.3, -0.25) is 19.3 Å². The zero-order valence-corrected chi connectivity index (χ0v) is 17.2. The number of aryl methyl sites for hydroxylation is 1. The fourth-order valence-corrected chi connectivity index (χ4v) is 3.75. The predicted octanol–water partition coefficient (Wildman–Crippen LogP) is 1.95. The molecule has 0 saturated carbocycles. The molecule has 1 saturated heterocycles. The molecule has 2 heterocycles. The third kappa shape index (κ3) is 5.13. The Labute approximate surface area is 177 Å². The highest BCUT2D eigenvalue weighted by Crippen LogP contribution is 2.32. The number of carbonyl (C=O) groups excluding carboxylic acids is 2. The highest BCUT2D eigenvalue weighted by atomic mass is 32.2. The van der Waals surface area contributed by atoms with Crippen LogP contribution in [0.1, 0.15) is 31.8 Å². The van der Waals surface area contributed by atoms with Crippen LogP contribution in [0.3, 0.4) is 0 Å². The second-order valence-corrected chi connectivity index (χ2v) is 7.64. The molecule has 0 unspecified atom stereocenters. The number of halogens is 3. The van der Waals surface area contributed by atoms with E-state index in [0.29, 0.717) is 16.8 Å². The molecule has 3 rings (SSSR count). The van der Waals surface area contributed by atoms with Gasteiger partial charge in [0.2, 0.25) is 10.9 Å². The zero-order chi connectivity index (χ0) is 22.8. The smallest absolute Gasteiger partial charge is 0.335 e. The van der Waals surface area contributed by atoms with E-state index in [2.05, 4.69) is 9.71 Å². The average molecular weight is 456 g/mol. The molecular weight excluding hydrogens is 437 g/mol. The minimum Gasteiger partial charge on any atom is -0.335 e. The highest BCUT2D eigenvalue weighted by molar-refractivity contribution is 7.73. The van der Waals surface area contributed by atoms with Gasteiger partial charge in [0.25, 0.3) is 11.8 Å². The van der Waals surface area contributed by atoms with Crippen molar-refractivity contribution in [2.45, 2.75) is 13.1 Å². The summed E-state index contributed by atoms with van der Waals surface area (Å²) >= 11 is 0. The Kier molecular flexibility index (Phi) is 6.48. The molecule has 0 spiro atoms. The second-order valence-electron chi connectivity index (χ2n) is 6.90. The summed E-state index contributed by atoms with van der Waals surface area (Å²) < 4.78 is 63.4. The molecule has 8 nitrogen and oxygen atoms in total. The molecule has 166 valence electrons. The van der Waals surface area contributed by atoms with Gasteiger partial charge in [-0.25, -0.2) is 8.42 Å². The number of nitrogens with zero attached hydrogens (tertiary/aromatic N) is 3. The van der Waals surface area contributed by atoms with E-state index in [0.717, 1.165) is 18.5 Å². The summed E-state index contributed by atoms with van der Waals surface area (Å²) in [5, 5.41) is 0. The molecule has 1 aromatic heterocycles. The quantitative estimate of drug-likeness (QED) is 0.686. The molecule has 1 N–H and O–H groups in total. The monoisotopic (exact) mass is 456 g/mol. The van der Waals surface area contributed by atoms with Crippen molar-refractivity contribution in [1.29, 1.82) is 0 Å². The Bertz CT molecular complexity index is 1070. The number of pyridine rings is 1. The van der Waals surface area contributed by atoms with E-state index >= 15 is 0 Å². The highest BCUT2D eigenvalue weighted by Gasteiger charge is 2.37. The van der Waals surface area contributed by atoms with Crippen LogP contribution in [0.2, 0.25) is 0 Å². The molecule has 0 atom stereocenters. The van der Waals surface area contributed by atoms with E-state index in [1.807, 2.05) is 0 Å². The standard InChI is InChI=1S/C19H19F3N4O4S/c1-12-10-13(2-3-16(12)24-31(29)30)17(27)25-6-8-26(9-7-25)18(28)14-11-23-5-4-15(14)19(20,21)22/h2-5,10-11,31H,6-9H2,1H3,(H,24,29,30). The van der Waals surface area contributed by atoms with Gasteiger partial charge in [0.05, 0.1) is 16.8 Å². The topological polar surface area (TPSA) is 99.7 Å². The Morgan fingerprint density at radius 3 is 2.19 bits per heavy atom. The number of hydrogen-bond acceptors (Lipinski definition) is 5. The van der Waals surface area contributed by atoms with Crippen LogP contribution in [0.25, 0.3) is 0 Å². The second kappa shape index (κ2) is 8.92. The van der Waals surface area contributed by atoms with Crippen molar-refractivity contribution in [3.8, 4) is 0 Å². The third-order valence-corrected chi connectivity index (χ3v) is 5.32. The van der Waals surface area contributed by atoms with Crippen LogP contribution in [0.5, 0.6) is 0 Å². The molecule has 2 aromatic rings. The predicted molar refractivity (Wildman–Crippen MR) is 106 cm³/mol. The molecule has 1 aliphatic rings. The van der Waals surface area contributed by atoms with Crippen LogP contribution >= 0.6 is 0 Å². The van der Waals surface area contributed by atoms with Crippen molar-refractivity contribution >= 4 is 28.4 Å². The van der Waals surface area contributed by atoms with Crippen molar-refractivity contribution in [3.05, 3.63) is 58.9 Å². The maximum atomic E-state index is 13.2. The van der Waals surface area contributed by atoms with E-state index in [1.54, 1.807) is 13.0 Å². The fraction of sp³-hybridized carbons (Fsp3) is 0.316. The lowest BCUT2D eigenvalue weighted by Gasteiger charge is -2.35. The van der Waals surface area contributed by atoms with E-state index in [-0.39, 0.29) is 32.1 Å². The summed E-state index contributed by atoms with van der Waals surface area (Å²) in [5.74, 6) is -1.10. The Hall–Kier alpha value is -3.15. The van der Waals surface area contributed by atoms with E-state index < -0.39 is 34.1 Å². The number of hydrogen-bond donors (Lipinski definition) is 2. The molecule has 2 amide bonds. The number of alkyl halides is 3. The first-order valence-corrected chi connectivity index (χ1v) is 10.4. The van der Waals surface area contributed by atoms with Gasteiger partial charge in [0, 0.05) is 44.1 Å². The van der Waals surface area contributed by atoms with Crippen molar-refractivity contribution in [2.75, 3.05) is 30.9 Å². The number of carbonyl (C=O) groups is 2. The Morgan fingerprint density at radius 2 is 1.65 bits per heavy atom. The Morgan fingerprint density at radius 1 is 1.03 bits per heavy atom. The number of rotatable bonds is 4. The van der Waals surface area contributed by atoms with E-state index in [4.69, 9.17) is 0 Å². The average Bonchev–Trinajstić information content (AvgIpc) is 2.73. The lowest BCUT2D eigenvalue weighted by atomic mass is 10.1. The van der Waals surface area contributed by atoms with Crippen LogP contribution < -0.4 is 4.72 Å². The normalized spacial score (nSPS) is 14.6. The molecule has 1 aliphatic heterocycles. The summed E-state index contributed by atoms with van der Waals surface area (Å²) in [5.41, 5.74) is -0.300. The van der Waals surface area contributed by atoms with E-state index in [1.165, 1.54) is 21.9 Å². The maximum Gasteiger partial charge on any atom is 0.417 e. The third-order valence-electron chi connectivity index (χ3n) is 4.90. The minimum absolute atomic E-state index is 0.0754. The van der Waals surface area contributed by atoms with Gasteiger partial charge in [-0.1, -0.05) is 0 Å². The van der Waals surface area contributed by atoms with Crippen LogP contribution in [-0.2, 0) is 17.1 Å². The van der Waals surface area contributed by atoms with Crippen LogP contribution in [-0.4, -0.2) is 61.2 Å². The number of anilines is 1. The molecule has 0 radical (unpaired) electrons. The number of benzene rings is 1. The molecule has 31 heavy (non-hydrogen) atoms. The van der Waals surface area contributed by atoms with Gasteiger partial charge in [-0.2, -0.15) is 13.2 Å². The number of thiol groups is 1. The lowest BCUT2D eigenvalue weighted by molar-refractivity contribution is -0.138. The molecule has 12 heteroatoms. The number of piperazine rings is 1. The van der Waals surface area contributed by atoms with E-state index in [9.17, 15) is 31.2 Å². The molecule has 0 aliphatic carbocycles. The first-order valence-electron chi connectivity index (χ1n) is 9.19. The van der Waals surface area contributed by atoms with Gasteiger partial charge >= 0.3 is 6.18 Å². The molecule has 1 fully saturated rings. The number of nitrogens with one attached hydrogen (secondary N) is 1. The number of amides is 2. The molecular formula is C19H19F3N4O4S. The van der Waals surface area contributed by atoms with Crippen LogP contribution in [0, 0.1) is 6.92 Å². The first kappa shape index (κ1) is 22.5. The van der Waals surface area contributed by atoms with Gasteiger partial charge in [-0.05, 0) is 36.8 Å². The van der Waals surface area contributed by atoms with Gasteiger partial charge < -0.3 is 9.80 Å². The first-order chi connectivity index (χ1) is 14.6. The maximum absolute atomic E-state index is 13.2. The Balaban J connectivity index is 1.68. The SMILES string of the molecule is Cc1cc(C(=O)N2CCN(C(=O)c3cnccc3C(F)(F)F)CC2)ccc1N[SH](=O)=O. The van der Waals surface area contributed by atoms with Crippen LogP contribution in [0.15, 0.2) is 36.7 Å². The molecule has 0 bridgehead atoms. The van der Waals surface area contributed by atoms with Crippen molar-refractivity contribution in [2.24, 2.45) is 0 Å². The van der Waals surface area contributed by atoms with Gasteiger partial charge in [0.15, 0.2) is 0 Å². The summed E-state index contributed by atoms with van der Waals surface area (Å²) in [6.07, 6.45) is -2.80. The molecule has 1 aromatic carbocycles. The van der Waals surface area contributed by atoms with Gasteiger partial charge in [0.1, 0.15) is 0 Å². The summed E-state index contributed by atoms with van der Waals surface area (Å²) in [6, 6.07) is 5.27. The van der Waals surface area contributed by atoms with Crippen molar-refractivity contribution in [1.82, 2.24) is 14.8 Å². The van der Waals surface area contributed by atoms with Crippen molar-refractivity contribution < 1.29 is 31.2 Å². The fourth-order valence-electron chi connectivity index (χ4n) is 3.30. The largest absolute Gasteiger partial charge is 0.417 e. The van der Waals surface area contributed by atoms with Crippen LogP contribution in [0.4, 0.5) is 18.9 Å². The summed E-state index contributed by atoms with van der Waals surface area (Å²) in [6.45, 7) is 2.11. The lowest BCUT2D eigenvalue weighted by Crippen LogP contribution is -2.50. The number of aromatic nitrogens is 1. The summed E-state index contributed by atoms with van der Waals surface area (Å²) in [4.78, 5) is 31.7. The van der Waals surface area contributed by atoms with Gasteiger partial charge in [-0.15, -0.1) is 0 Å². The zero-order valence-electron chi connectivity index (χ0n) is 16.3. The van der Waals surface area contributed by atoms with Crippen molar-refractivity contribution in [3.63, 3.8) is 0 Å². The summed E-state index contributed by atoms with van der Waals surface area (Å²) in [7, 11) is -2.83.